The van der Waals surface area contributed by atoms with Crippen LogP contribution in [0.25, 0.3) is 11.4 Å². The predicted molar refractivity (Wildman–Crippen MR) is 98.6 cm³/mol. The molecule has 0 fully saturated rings. The zero-order chi connectivity index (χ0) is 18.6. The largest absolute Gasteiger partial charge is 0.496 e. The van der Waals surface area contributed by atoms with Crippen LogP contribution < -0.4 is 14.2 Å². The first-order valence-electron chi connectivity index (χ1n) is 8.83. The zero-order valence-corrected chi connectivity index (χ0v) is 15.3. The third kappa shape index (κ3) is 3.73. The third-order valence-corrected chi connectivity index (χ3v) is 4.47. The molecule has 1 aliphatic heterocycles. The summed E-state index contributed by atoms with van der Waals surface area (Å²) in [5.41, 5.74) is 1.96. The van der Waals surface area contributed by atoms with Gasteiger partial charge < -0.3 is 18.7 Å². The second-order valence-corrected chi connectivity index (χ2v) is 6.20. The number of rotatable bonds is 7. The number of hydrogen-bond donors (Lipinski definition) is 0. The van der Waals surface area contributed by atoms with Gasteiger partial charge in [0.05, 0.1) is 19.2 Å². The summed E-state index contributed by atoms with van der Waals surface area (Å²) in [6.45, 7) is 4.54. The fourth-order valence-corrected chi connectivity index (χ4v) is 3.03. The van der Waals surface area contributed by atoms with E-state index in [9.17, 15) is 0 Å². The quantitative estimate of drug-likeness (QED) is 0.633. The Morgan fingerprint density at radius 2 is 1.93 bits per heavy atom. The molecule has 4 rings (SSSR count). The van der Waals surface area contributed by atoms with Gasteiger partial charge in [-0.15, -0.1) is 0 Å². The SMILES string of the molecule is CCN(Cc1ccc2c(c1)OCO2)Cc1nc(-c2ccccc2OC)no1. The Kier molecular flexibility index (Phi) is 4.93. The van der Waals surface area contributed by atoms with Gasteiger partial charge in [0.15, 0.2) is 11.5 Å². The van der Waals surface area contributed by atoms with Gasteiger partial charge in [-0.05, 0) is 36.4 Å². The minimum Gasteiger partial charge on any atom is -0.496 e. The van der Waals surface area contributed by atoms with Crippen molar-refractivity contribution < 1.29 is 18.7 Å². The summed E-state index contributed by atoms with van der Waals surface area (Å²) in [6, 6.07) is 13.6. The Morgan fingerprint density at radius 1 is 1.07 bits per heavy atom. The highest BCUT2D eigenvalue weighted by Crippen LogP contribution is 2.33. The van der Waals surface area contributed by atoms with Gasteiger partial charge in [0, 0.05) is 6.54 Å². The molecule has 0 saturated carbocycles. The Hall–Kier alpha value is -3.06. The summed E-state index contributed by atoms with van der Waals surface area (Å²) in [7, 11) is 1.63. The van der Waals surface area contributed by atoms with Crippen LogP contribution in [0.1, 0.15) is 18.4 Å². The lowest BCUT2D eigenvalue weighted by molar-refractivity contribution is 0.174. The molecule has 7 nitrogen and oxygen atoms in total. The molecule has 0 spiro atoms. The molecule has 1 aromatic heterocycles. The molecular formula is C20H21N3O4. The maximum Gasteiger partial charge on any atom is 0.241 e. The zero-order valence-electron chi connectivity index (χ0n) is 15.3. The molecule has 140 valence electrons. The molecule has 0 unspecified atom stereocenters. The van der Waals surface area contributed by atoms with E-state index in [0.29, 0.717) is 18.3 Å². The first-order valence-corrected chi connectivity index (χ1v) is 8.83. The second kappa shape index (κ2) is 7.67. The number of ether oxygens (including phenoxy) is 3. The van der Waals surface area contributed by atoms with Crippen molar-refractivity contribution in [1.29, 1.82) is 0 Å². The number of methoxy groups -OCH3 is 1. The monoisotopic (exact) mass is 367 g/mol. The molecule has 7 heteroatoms. The van der Waals surface area contributed by atoms with Crippen LogP contribution in [0, 0.1) is 0 Å². The predicted octanol–water partition coefficient (Wildman–Crippen LogP) is 3.50. The number of fused-ring (bicyclic) bond motifs is 1. The number of benzene rings is 2. The van der Waals surface area contributed by atoms with Crippen LogP contribution in [0.15, 0.2) is 47.0 Å². The van der Waals surface area contributed by atoms with Gasteiger partial charge in [0.1, 0.15) is 5.75 Å². The van der Waals surface area contributed by atoms with Crippen LogP contribution in [0.5, 0.6) is 17.2 Å². The smallest absolute Gasteiger partial charge is 0.241 e. The molecule has 2 aromatic carbocycles. The summed E-state index contributed by atoms with van der Waals surface area (Å²) in [5.74, 6) is 3.40. The van der Waals surface area contributed by atoms with Gasteiger partial charge >= 0.3 is 0 Å². The van der Waals surface area contributed by atoms with Crippen molar-refractivity contribution in [1.82, 2.24) is 15.0 Å². The van der Waals surface area contributed by atoms with Gasteiger partial charge in [-0.3, -0.25) is 4.90 Å². The van der Waals surface area contributed by atoms with Crippen molar-refractivity contribution in [3.05, 3.63) is 53.9 Å². The molecular weight excluding hydrogens is 346 g/mol. The Morgan fingerprint density at radius 3 is 2.78 bits per heavy atom. The summed E-state index contributed by atoms with van der Waals surface area (Å²) in [5, 5.41) is 4.11. The highest BCUT2D eigenvalue weighted by Gasteiger charge is 2.17. The first-order chi connectivity index (χ1) is 13.3. The van der Waals surface area contributed by atoms with E-state index >= 15 is 0 Å². The minimum atomic E-state index is 0.282. The Bertz CT molecular complexity index is 925. The lowest BCUT2D eigenvalue weighted by atomic mass is 10.2. The molecule has 1 aliphatic rings. The highest BCUT2D eigenvalue weighted by atomic mass is 16.7. The van der Waals surface area contributed by atoms with Crippen molar-refractivity contribution in [3.63, 3.8) is 0 Å². The average molecular weight is 367 g/mol. The van der Waals surface area contributed by atoms with E-state index in [-0.39, 0.29) is 6.79 Å². The maximum absolute atomic E-state index is 5.46. The minimum absolute atomic E-state index is 0.282. The summed E-state index contributed by atoms with van der Waals surface area (Å²) < 4.78 is 21.7. The number of para-hydroxylation sites is 1. The lowest BCUT2D eigenvalue weighted by Crippen LogP contribution is -2.22. The van der Waals surface area contributed by atoms with Crippen LogP contribution in [-0.2, 0) is 13.1 Å². The molecule has 0 N–H and O–H groups in total. The molecule has 3 aromatic rings. The number of hydrogen-bond acceptors (Lipinski definition) is 7. The summed E-state index contributed by atoms with van der Waals surface area (Å²) in [6.07, 6.45) is 0. The Labute approximate surface area is 157 Å². The van der Waals surface area contributed by atoms with Crippen molar-refractivity contribution in [2.24, 2.45) is 0 Å². The maximum atomic E-state index is 5.46. The van der Waals surface area contributed by atoms with Gasteiger partial charge in [-0.1, -0.05) is 30.3 Å². The molecule has 27 heavy (non-hydrogen) atoms. The van der Waals surface area contributed by atoms with Crippen LogP contribution in [0.3, 0.4) is 0 Å². The van der Waals surface area contributed by atoms with Gasteiger partial charge in [-0.2, -0.15) is 4.98 Å². The van der Waals surface area contributed by atoms with E-state index in [0.717, 1.165) is 41.5 Å². The van der Waals surface area contributed by atoms with Gasteiger partial charge in [0.2, 0.25) is 18.5 Å². The number of nitrogens with zero attached hydrogens (tertiary/aromatic N) is 3. The van der Waals surface area contributed by atoms with Gasteiger partial charge in [-0.25, -0.2) is 0 Å². The van der Waals surface area contributed by atoms with Crippen molar-refractivity contribution in [2.75, 3.05) is 20.4 Å². The highest BCUT2D eigenvalue weighted by molar-refractivity contribution is 5.63. The molecule has 0 radical (unpaired) electrons. The van der Waals surface area contributed by atoms with Crippen LogP contribution in [0.4, 0.5) is 0 Å². The van der Waals surface area contributed by atoms with Crippen molar-refractivity contribution >= 4 is 0 Å². The molecule has 0 saturated heterocycles. The van der Waals surface area contributed by atoms with E-state index in [1.54, 1.807) is 7.11 Å². The third-order valence-electron chi connectivity index (χ3n) is 4.47. The summed E-state index contributed by atoms with van der Waals surface area (Å²) in [4.78, 5) is 6.75. The van der Waals surface area contributed by atoms with Gasteiger partial charge in [0.25, 0.3) is 0 Å². The van der Waals surface area contributed by atoms with Crippen LogP contribution in [-0.4, -0.2) is 35.5 Å². The van der Waals surface area contributed by atoms with Crippen molar-refractivity contribution in [2.45, 2.75) is 20.0 Å². The molecule has 0 aliphatic carbocycles. The second-order valence-electron chi connectivity index (χ2n) is 6.20. The van der Waals surface area contributed by atoms with E-state index in [4.69, 9.17) is 18.7 Å². The Balaban J connectivity index is 1.47. The topological polar surface area (TPSA) is 69.9 Å². The number of aromatic nitrogens is 2. The normalized spacial score (nSPS) is 12.6. The fraction of sp³-hybridized carbons (Fsp3) is 0.300. The molecule has 0 amide bonds. The van der Waals surface area contributed by atoms with E-state index in [2.05, 4.69) is 22.0 Å². The molecule has 0 bridgehead atoms. The molecule has 2 heterocycles. The molecule has 0 atom stereocenters. The van der Waals surface area contributed by atoms with Crippen LogP contribution in [0.2, 0.25) is 0 Å². The standard InChI is InChI=1S/C20H21N3O4/c1-3-23(11-14-8-9-17-18(10-14)26-13-25-17)12-19-21-20(22-27-19)15-6-4-5-7-16(15)24-2/h4-10H,3,11-13H2,1-2H3. The van der Waals surface area contributed by atoms with Crippen molar-refractivity contribution in [3.8, 4) is 28.6 Å². The van der Waals surface area contributed by atoms with Crippen LogP contribution >= 0.6 is 0 Å². The first kappa shape index (κ1) is 17.4. The van der Waals surface area contributed by atoms with E-state index in [1.165, 1.54) is 0 Å². The summed E-state index contributed by atoms with van der Waals surface area (Å²) >= 11 is 0. The fourth-order valence-electron chi connectivity index (χ4n) is 3.03. The van der Waals surface area contributed by atoms with E-state index < -0.39 is 0 Å². The van der Waals surface area contributed by atoms with E-state index in [1.807, 2.05) is 42.5 Å². The lowest BCUT2D eigenvalue weighted by Gasteiger charge is -2.18. The average Bonchev–Trinajstić information content (AvgIpc) is 3.36.